The van der Waals surface area contributed by atoms with E-state index in [4.69, 9.17) is 0 Å². The molecule has 1 amide bonds. The van der Waals surface area contributed by atoms with Crippen LogP contribution in [-0.2, 0) is 4.79 Å². The monoisotopic (exact) mass is 253 g/mol. The van der Waals surface area contributed by atoms with E-state index in [1.165, 1.54) is 32.1 Å². The molecule has 0 spiro atoms. The van der Waals surface area contributed by atoms with Crippen LogP contribution in [0.4, 0.5) is 0 Å². The zero-order chi connectivity index (χ0) is 12.8. The molecule has 0 aromatic rings. The van der Waals surface area contributed by atoms with Gasteiger partial charge in [-0.3, -0.25) is 9.69 Å². The van der Waals surface area contributed by atoms with Crippen LogP contribution < -0.4 is 5.32 Å². The number of carbonyl (C=O) groups is 1. The summed E-state index contributed by atoms with van der Waals surface area (Å²) in [7, 11) is 2.02. The van der Waals surface area contributed by atoms with E-state index in [-0.39, 0.29) is 0 Å². The first-order chi connectivity index (χ1) is 8.79. The molecule has 2 saturated heterocycles. The molecule has 0 atom stereocenters. The van der Waals surface area contributed by atoms with Gasteiger partial charge in [0.15, 0.2) is 0 Å². The topological polar surface area (TPSA) is 35.6 Å². The van der Waals surface area contributed by atoms with Gasteiger partial charge in [0.1, 0.15) is 0 Å². The van der Waals surface area contributed by atoms with E-state index in [9.17, 15) is 4.79 Å². The minimum atomic E-state index is 0.348. The number of piperidine rings is 1. The summed E-state index contributed by atoms with van der Waals surface area (Å²) in [6.45, 7) is 5.95. The number of carbonyl (C=O) groups excluding carboxylic acids is 1. The minimum Gasteiger partial charge on any atom is -0.342 e. The average Bonchev–Trinajstić information content (AvgIpc) is 2.92. The Balaban J connectivity index is 1.65. The van der Waals surface area contributed by atoms with Gasteiger partial charge in [0.25, 0.3) is 0 Å². The zero-order valence-corrected chi connectivity index (χ0v) is 11.7. The van der Waals surface area contributed by atoms with E-state index >= 15 is 0 Å². The summed E-state index contributed by atoms with van der Waals surface area (Å²) in [6, 6.07) is 0. The molecule has 2 rings (SSSR count). The lowest BCUT2D eigenvalue weighted by atomic mass is 9.93. The van der Waals surface area contributed by atoms with Crippen molar-refractivity contribution in [1.29, 1.82) is 0 Å². The van der Waals surface area contributed by atoms with Gasteiger partial charge in [-0.2, -0.15) is 0 Å². The highest BCUT2D eigenvalue weighted by Gasteiger charge is 2.23. The lowest BCUT2D eigenvalue weighted by Gasteiger charge is -2.32. The molecule has 0 bridgehead atoms. The van der Waals surface area contributed by atoms with Crippen molar-refractivity contribution in [3.8, 4) is 0 Å². The van der Waals surface area contributed by atoms with Crippen LogP contribution in [0.1, 0.15) is 32.1 Å². The van der Waals surface area contributed by atoms with Crippen molar-refractivity contribution < 1.29 is 4.79 Å². The third kappa shape index (κ3) is 3.95. The Morgan fingerprint density at radius 3 is 2.44 bits per heavy atom. The maximum absolute atomic E-state index is 12.0. The van der Waals surface area contributed by atoms with Crippen LogP contribution in [-0.4, -0.2) is 62.0 Å². The molecular weight excluding hydrogens is 226 g/mol. The highest BCUT2D eigenvalue weighted by molar-refractivity contribution is 5.78. The van der Waals surface area contributed by atoms with E-state index < -0.39 is 0 Å². The normalized spacial score (nSPS) is 22.6. The second-order valence-corrected chi connectivity index (χ2v) is 5.70. The molecule has 0 radical (unpaired) electrons. The van der Waals surface area contributed by atoms with Gasteiger partial charge in [-0.25, -0.2) is 0 Å². The second-order valence-electron chi connectivity index (χ2n) is 5.70. The Morgan fingerprint density at radius 1 is 1.17 bits per heavy atom. The van der Waals surface area contributed by atoms with Gasteiger partial charge in [-0.05, 0) is 64.7 Å². The maximum atomic E-state index is 12.0. The summed E-state index contributed by atoms with van der Waals surface area (Å²) in [4.78, 5) is 16.4. The largest absolute Gasteiger partial charge is 0.342 e. The van der Waals surface area contributed by atoms with Crippen LogP contribution in [0, 0.1) is 5.92 Å². The van der Waals surface area contributed by atoms with Crippen LogP contribution in [0.25, 0.3) is 0 Å². The third-order valence-corrected chi connectivity index (χ3v) is 4.33. The van der Waals surface area contributed by atoms with Crippen LogP contribution in [0.15, 0.2) is 0 Å². The Hall–Kier alpha value is -0.610. The van der Waals surface area contributed by atoms with Crippen molar-refractivity contribution in [3.05, 3.63) is 0 Å². The standard InChI is InChI=1S/C14H27N3O/c1-15-7-4-13-5-10-16(11-6-13)12-14(18)17-8-2-3-9-17/h13,15H,2-12H2,1H3. The summed E-state index contributed by atoms with van der Waals surface area (Å²) < 4.78 is 0. The predicted octanol–water partition coefficient (Wildman–Crippen LogP) is 0.930. The molecule has 4 nitrogen and oxygen atoms in total. The number of rotatable bonds is 5. The van der Waals surface area contributed by atoms with Crippen molar-refractivity contribution in [2.75, 3.05) is 46.3 Å². The Labute approximate surface area is 111 Å². The molecule has 2 aliphatic rings. The lowest BCUT2D eigenvalue weighted by molar-refractivity contribution is -0.131. The van der Waals surface area contributed by atoms with Gasteiger partial charge >= 0.3 is 0 Å². The Bertz CT molecular complexity index is 256. The number of hydrogen-bond acceptors (Lipinski definition) is 3. The minimum absolute atomic E-state index is 0.348. The average molecular weight is 253 g/mol. The second kappa shape index (κ2) is 7.10. The number of likely N-dealkylation sites (tertiary alicyclic amines) is 2. The van der Waals surface area contributed by atoms with E-state index in [1.807, 2.05) is 11.9 Å². The van der Waals surface area contributed by atoms with E-state index in [2.05, 4.69) is 10.2 Å². The summed E-state index contributed by atoms with van der Waals surface area (Å²) in [5, 5.41) is 3.22. The fourth-order valence-corrected chi connectivity index (χ4v) is 3.04. The summed E-state index contributed by atoms with van der Waals surface area (Å²) in [5.74, 6) is 1.21. The van der Waals surface area contributed by atoms with Gasteiger partial charge in [0, 0.05) is 13.1 Å². The molecule has 0 aliphatic carbocycles. The van der Waals surface area contributed by atoms with Crippen LogP contribution in [0.3, 0.4) is 0 Å². The van der Waals surface area contributed by atoms with Gasteiger partial charge < -0.3 is 10.2 Å². The first-order valence-corrected chi connectivity index (χ1v) is 7.44. The lowest BCUT2D eigenvalue weighted by Crippen LogP contribution is -2.42. The molecule has 0 unspecified atom stereocenters. The van der Waals surface area contributed by atoms with E-state index in [0.717, 1.165) is 38.6 Å². The number of amides is 1. The SMILES string of the molecule is CNCCC1CCN(CC(=O)N2CCCC2)CC1. The molecule has 2 fully saturated rings. The predicted molar refractivity (Wildman–Crippen MR) is 73.5 cm³/mol. The van der Waals surface area contributed by atoms with E-state index in [0.29, 0.717) is 12.5 Å². The van der Waals surface area contributed by atoms with Crippen molar-refractivity contribution in [2.45, 2.75) is 32.1 Å². The summed E-state index contributed by atoms with van der Waals surface area (Å²) >= 11 is 0. The highest BCUT2D eigenvalue weighted by atomic mass is 16.2. The maximum Gasteiger partial charge on any atom is 0.236 e. The van der Waals surface area contributed by atoms with Crippen molar-refractivity contribution in [3.63, 3.8) is 0 Å². The van der Waals surface area contributed by atoms with Crippen molar-refractivity contribution in [2.24, 2.45) is 5.92 Å². The molecule has 2 heterocycles. The Morgan fingerprint density at radius 2 is 1.83 bits per heavy atom. The third-order valence-electron chi connectivity index (χ3n) is 4.33. The summed E-state index contributed by atoms with van der Waals surface area (Å²) in [5.41, 5.74) is 0. The quantitative estimate of drug-likeness (QED) is 0.792. The highest BCUT2D eigenvalue weighted by Crippen LogP contribution is 2.20. The number of nitrogens with zero attached hydrogens (tertiary/aromatic N) is 2. The van der Waals surface area contributed by atoms with Gasteiger partial charge in [-0.1, -0.05) is 0 Å². The molecule has 2 aliphatic heterocycles. The molecule has 4 heteroatoms. The van der Waals surface area contributed by atoms with Crippen molar-refractivity contribution in [1.82, 2.24) is 15.1 Å². The number of nitrogens with one attached hydrogen (secondary N) is 1. The van der Waals surface area contributed by atoms with Gasteiger partial charge in [0.2, 0.25) is 5.91 Å². The fourth-order valence-electron chi connectivity index (χ4n) is 3.04. The summed E-state index contributed by atoms with van der Waals surface area (Å²) in [6.07, 6.45) is 6.18. The van der Waals surface area contributed by atoms with Crippen LogP contribution >= 0.6 is 0 Å². The van der Waals surface area contributed by atoms with Gasteiger partial charge in [0.05, 0.1) is 6.54 Å². The smallest absolute Gasteiger partial charge is 0.236 e. The van der Waals surface area contributed by atoms with Crippen molar-refractivity contribution >= 4 is 5.91 Å². The van der Waals surface area contributed by atoms with Gasteiger partial charge in [-0.15, -0.1) is 0 Å². The van der Waals surface area contributed by atoms with E-state index in [1.54, 1.807) is 0 Å². The molecule has 104 valence electrons. The molecule has 18 heavy (non-hydrogen) atoms. The zero-order valence-electron chi connectivity index (χ0n) is 11.7. The number of hydrogen-bond donors (Lipinski definition) is 1. The Kier molecular flexibility index (Phi) is 5.45. The fraction of sp³-hybridized carbons (Fsp3) is 0.929. The molecule has 0 aromatic heterocycles. The van der Waals surface area contributed by atoms with Crippen LogP contribution in [0.5, 0.6) is 0 Å². The first kappa shape index (κ1) is 13.8. The molecule has 0 aromatic carbocycles. The molecular formula is C14H27N3O. The first-order valence-electron chi connectivity index (χ1n) is 7.44. The molecule has 1 N–H and O–H groups in total. The molecule has 0 saturated carbocycles. The van der Waals surface area contributed by atoms with Crippen LogP contribution in [0.2, 0.25) is 0 Å².